The van der Waals surface area contributed by atoms with Gasteiger partial charge in [-0.3, -0.25) is 0 Å². The van der Waals surface area contributed by atoms with Crippen molar-refractivity contribution < 1.29 is 8.42 Å². The van der Waals surface area contributed by atoms with Crippen molar-refractivity contribution in [2.24, 2.45) is 0 Å². The second kappa shape index (κ2) is 4.74. The fourth-order valence-corrected chi connectivity index (χ4v) is 1.99. The predicted octanol–water partition coefficient (Wildman–Crippen LogP) is 0.656. The fourth-order valence-electron chi connectivity index (χ4n) is 1.26. The summed E-state index contributed by atoms with van der Waals surface area (Å²) < 4.78 is 25.1. The maximum atomic E-state index is 11.4. The van der Waals surface area contributed by atoms with Gasteiger partial charge in [0.25, 0.3) is 0 Å². The van der Waals surface area contributed by atoms with Crippen LogP contribution < -0.4 is 4.72 Å². The van der Waals surface area contributed by atoms with Crippen LogP contribution in [0.1, 0.15) is 5.56 Å². The average Bonchev–Trinajstić information content (AvgIpc) is 2.18. The summed E-state index contributed by atoms with van der Waals surface area (Å²) in [5.74, 6) is 0. The van der Waals surface area contributed by atoms with E-state index in [-0.39, 0.29) is 0 Å². The van der Waals surface area contributed by atoms with Crippen LogP contribution in [0.2, 0.25) is 0 Å². The third-order valence-electron chi connectivity index (χ3n) is 2.00. The highest BCUT2D eigenvalue weighted by Crippen LogP contribution is 2.10. The molecule has 0 amide bonds. The average molecular weight is 228 g/mol. The molecule has 0 aromatic heterocycles. The zero-order chi connectivity index (χ0) is 11.5. The van der Waals surface area contributed by atoms with Crippen LogP contribution in [0.15, 0.2) is 29.2 Å². The molecule has 0 unspecified atom stereocenters. The van der Waals surface area contributed by atoms with E-state index in [2.05, 4.69) is 4.72 Å². The van der Waals surface area contributed by atoms with E-state index in [0.29, 0.717) is 4.90 Å². The molecule has 5 heteroatoms. The SMILES string of the molecule is CNS(=O)(=O)c1ccc(CN(C)C)cc1. The van der Waals surface area contributed by atoms with Gasteiger partial charge in [0.1, 0.15) is 0 Å². The van der Waals surface area contributed by atoms with Crippen molar-refractivity contribution in [3.05, 3.63) is 29.8 Å². The molecule has 1 aromatic rings. The lowest BCUT2D eigenvalue weighted by Crippen LogP contribution is -2.18. The van der Waals surface area contributed by atoms with Crippen molar-refractivity contribution >= 4 is 10.0 Å². The number of sulfonamides is 1. The van der Waals surface area contributed by atoms with Gasteiger partial charge in [-0.2, -0.15) is 0 Å². The summed E-state index contributed by atoms with van der Waals surface area (Å²) in [6.45, 7) is 0.805. The molecule has 0 heterocycles. The normalized spacial score (nSPS) is 12.0. The Labute approximate surface area is 91.0 Å². The maximum absolute atomic E-state index is 11.4. The second-order valence-corrected chi connectivity index (χ2v) is 5.48. The van der Waals surface area contributed by atoms with E-state index in [1.807, 2.05) is 31.1 Å². The smallest absolute Gasteiger partial charge is 0.240 e. The molecule has 1 rings (SSSR count). The zero-order valence-corrected chi connectivity index (χ0v) is 10.0. The van der Waals surface area contributed by atoms with Gasteiger partial charge >= 0.3 is 0 Å². The van der Waals surface area contributed by atoms with Gasteiger partial charge in [0.2, 0.25) is 10.0 Å². The zero-order valence-electron chi connectivity index (χ0n) is 9.19. The van der Waals surface area contributed by atoms with Crippen LogP contribution >= 0.6 is 0 Å². The second-order valence-electron chi connectivity index (χ2n) is 3.59. The van der Waals surface area contributed by atoms with Gasteiger partial charge in [-0.15, -0.1) is 0 Å². The summed E-state index contributed by atoms with van der Waals surface area (Å²) in [5.41, 5.74) is 1.09. The van der Waals surface area contributed by atoms with Crippen molar-refractivity contribution in [1.82, 2.24) is 9.62 Å². The first-order valence-electron chi connectivity index (χ1n) is 4.63. The summed E-state index contributed by atoms with van der Waals surface area (Å²) in [5, 5.41) is 0. The van der Waals surface area contributed by atoms with Crippen molar-refractivity contribution in [3.8, 4) is 0 Å². The topological polar surface area (TPSA) is 49.4 Å². The molecule has 0 aliphatic carbocycles. The lowest BCUT2D eigenvalue weighted by molar-refractivity contribution is 0.402. The summed E-state index contributed by atoms with van der Waals surface area (Å²) in [4.78, 5) is 2.33. The molecule has 4 nitrogen and oxygen atoms in total. The van der Waals surface area contributed by atoms with E-state index in [0.717, 1.165) is 12.1 Å². The summed E-state index contributed by atoms with van der Waals surface area (Å²) in [7, 11) is 2.04. The van der Waals surface area contributed by atoms with E-state index in [1.165, 1.54) is 7.05 Å². The maximum Gasteiger partial charge on any atom is 0.240 e. The number of hydrogen-bond acceptors (Lipinski definition) is 3. The minimum Gasteiger partial charge on any atom is -0.305 e. The number of benzene rings is 1. The van der Waals surface area contributed by atoms with Crippen LogP contribution in [-0.2, 0) is 16.6 Å². The Morgan fingerprint density at radius 2 is 1.73 bits per heavy atom. The molecule has 0 spiro atoms. The van der Waals surface area contributed by atoms with Crippen molar-refractivity contribution in [2.75, 3.05) is 21.1 Å². The minimum atomic E-state index is -3.31. The highest BCUT2D eigenvalue weighted by molar-refractivity contribution is 7.89. The van der Waals surface area contributed by atoms with E-state index in [4.69, 9.17) is 0 Å². The third-order valence-corrected chi connectivity index (χ3v) is 3.43. The monoisotopic (exact) mass is 228 g/mol. The summed E-state index contributed by atoms with van der Waals surface area (Å²) in [6.07, 6.45) is 0. The van der Waals surface area contributed by atoms with E-state index < -0.39 is 10.0 Å². The Morgan fingerprint density at radius 1 is 1.20 bits per heavy atom. The van der Waals surface area contributed by atoms with E-state index >= 15 is 0 Å². The first-order chi connectivity index (χ1) is 6.95. The number of rotatable bonds is 4. The van der Waals surface area contributed by atoms with E-state index in [1.54, 1.807) is 12.1 Å². The Bertz CT molecular complexity index is 410. The van der Waals surface area contributed by atoms with Gasteiger partial charge in [0, 0.05) is 6.54 Å². The molecule has 0 aliphatic rings. The van der Waals surface area contributed by atoms with Gasteiger partial charge in [-0.25, -0.2) is 13.1 Å². The highest BCUT2D eigenvalue weighted by atomic mass is 32.2. The van der Waals surface area contributed by atoms with E-state index in [9.17, 15) is 8.42 Å². The molecule has 0 atom stereocenters. The van der Waals surface area contributed by atoms with Gasteiger partial charge in [-0.05, 0) is 38.8 Å². The Morgan fingerprint density at radius 3 is 2.13 bits per heavy atom. The van der Waals surface area contributed by atoms with Crippen LogP contribution in [0.4, 0.5) is 0 Å². The predicted molar refractivity (Wildman–Crippen MR) is 60.1 cm³/mol. The molecule has 15 heavy (non-hydrogen) atoms. The first kappa shape index (κ1) is 12.2. The highest BCUT2D eigenvalue weighted by Gasteiger charge is 2.10. The van der Waals surface area contributed by atoms with Crippen molar-refractivity contribution in [1.29, 1.82) is 0 Å². The molecule has 0 radical (unpaired) electrons. The minimum absolute atomic E-state index is 0.299. The molecule has 0 aliphatic heterocycles. The quantitative estimate of drug-likeness (QED) is 0.823. The van der Waals surface area contributed by atoms with Gasteiger partial charge in [-0.1, -0.05) is 12.1 Å². The molecule has 84 valence electrons. The fraction of sp³-hybridized carbons (Fsp3) is 0.400. The van der Waals surface area contributed by atoms with Crippen LogP contribution in [0.25, 0.3) is 0 Å². The Balaban J connectivity index is 2.91. The molecule has 0 saturated heterocycles. The van der Waals surface area contributed by atoms with Crippen LogP contribution in [0.5, 0.6) is 0 Å². The Hall–Kier alpha value is -0.910. The summed E-state index contributed by atoms with van der Waals surface area (Å²) >= 11 is 0. The lowest BCUT2D eigenvalue weighted by Gasteiger charge is -2.10. The Kier molecular flexibility index (Phi) is 3.84. The largest absolute Gasteiger partial charge is 0.305 e. The number of nitrogens with zero attached hydrogens (tertiary/aromatic N) is 1. The molecular formula is C10H16N2O2S. The van der Waals surface area contributed by atoms with Gasteiger partial charge in [0.15, 0.2) is 0 Å². The van der Waals surface area contributed by atoms with Crippen LogP contribution in [0.3, 0.4) is 0 Å². The molecule has 0 fully saturated rings. The standard InChI is InChI=1S/C10H16N2O2S/c1-11-15(13,14)10-6-4-9(5-7-10)8-12(2)3/h4-7,11H,8H2,1-3H3. The molecular weight excluding hydrogens is 212 g/mol. The van der Waals surface area contributed by atoms with Gasteiger partial charge < -0.3 is 4.90 Å². The van der Waals surface area contributed by atoms with Crippen LogP contribution in [-0.4, -0.2) is 34.5 Å². The van der Waals surface area contributed by atoms with Crippen molar-refractivity contribution in [3.63, 3.8) is 0 Å². The first-order valence-corrected chi connectivity index (χ1v) is 6.11. The molecule has 1 aromatic carbocycles. The third kappa shape index (κ3) is 3.30. The number of hydrogen-bond donors (Lipinski definition) is 1. The lowest BCUT2D eigenvalue weighted by atomic mass is 10.2. The van der Waals surface area contributed by atoms with Crippen molar-refractivity contribution in [2.45, 2.75) is 11.4 Å². The molecule has 1 N–H and O–H groups in total. The van der Waals surface area contributed by atoms with Gasteiger partial charge in [0.05, 0.1) is 4.90 Å². The van der Waals surface area contributed by atoms with Crippen LogP contribution in [0, 0.1) is 0 Å². The molecule has 0 bridgehead atoms. The molecule has 0 saturated carbocycles. The number of nitrogens with one attached hydrogen (secondary N) is 1. The summed E-state index contributed by atoms with van der Waals surface area (Å²) in [6, 6.07) is 6.88.